The fourth-order valence-corrected chi connectivity index (χ4v) is 2.60. The number of primary amides is 1. The number of carbonyl (C=O) groups excluding carboxylic acids is 2. The molecule has 0 radical (unpaired) electrons. The molecule has 1 heterocycles. The Morgan fingerprint density at radius 3 is 2.68 bits per heavy atom. The van der Waals surface area contributed by atoms with Crippen molar-refractivity contribution in [3.8, 4) is 0 Å². The van der Waals surface area contributed by atoms with Crippen LogP contribution in [0.3, 0.4) is 0 Å². The quantitative estimate of drug-likeness (QED) is 0.654. The van der Waals surface area contributed by atoms with Gasteiger partial charge in [0.25, 0.3) is 0 Å². The third-order valence-corrected chi connectivity index (χ3v) is 3.59. The van der Waals surface area contributed by atoms with Gasteiger partial charge in [-0.1, -0.05) is 13.8 Å². The molecule has 1 saturated heterocycles. The highest BCUT2D eigenvalue weighted by Crippen LogP contribution is 2.23. The molecule has 1 aliphatic heterocycles. The van der Waals surface area contributed by atoms with Crippen molar-refractivity contribution in [2.45, 2.75) is 51.6 Å². The zero-order chi connectivity index (χ0) is 14.4. The molecule has 19 heavy (non-hydrogen) atoms. The topological polar surface area (TPSA) is 95.7 Å². The van der Waals surface area contributed by atoms with Crippen LogP contribution in [0.15, 0.2) is 0 Å². The van der Waals surface area contributed by atoms with Gasteiger partial charge in [0.2, 0.25) is 5.91 Å². The molecule has 2 unspecified atom stereocenters. The number of hydrogen-bond acceptors (Lipinski definition) is 3. The van der Waals surface area contributed by atoms with Crippen LogP contribution in [0.25, 0.3) is 0 Å². The van der Waals surface area contributed by atoms with Crippen LogP contribution < -0.4 is 11.1 Å². The minimum Gasteiger partial charge on any atom is -0.396 e. The summed E-state index contributed by atoms with van der Waals surface area (Å²) in [6, 6.07) is -1.05. The predicted octanol–water partition coefficient (Wildman–Crippen LogP) is 0.443. The summed E-state index contributed by atoms with van der Waals surface area (Å²) in [5.74, 6) is -0.0617. The zero-order valence-corrected chi connectivity index (χ0v) is 11.8. The SMILES string of the molecule is CC(C)C(NC(N)=O)C(=O)N1CCCC1CCCO. The van der Waals surface area contributed by atoms with Gasteiger partial charge in [0.15, 0.2) is 0 Å². The summed E-state index contributed by atoms with van der Waals surface area (Å²) in [6.45, 7) is 4.64. The van der Waals surface area contributed by atoms with Gasteiger partial charge < -0.3 is 21.1 Å². The van der Waals surface area contributed by atoms with E-state index in [1.165, 1.54) is 0 Å². The Bertz CT molecular complexity index is 320. The molecule has 0 aromatic carbocycles. The van der Waals surface area contributed by atoms with Crippen molar-refractivity contribution in [2.24, 2.45) is 11.7 Å². The van der Waals surface area contributed by atoms with Crippen molar-refractivity contribution in [1.29, 1.82) is 0 Å². The minimum absolute atomic E-state index is 0.000841. The molecule has 4 N–H and O–H groups in total. The first-order chi connectivity index (χ1) is 8.97. The monoisotopic (exact) mass is 271 g/mol. The van der Waals surface area contributed by atoms with Crippen molar-refractivity contribution in [3.05, 3.63) is 0 Å². The largest absolute Gasteiger partial charge is 0.396 e. The van der Waals surface area contributed by atoms with E-state index in [4.69, 9.17) is 10.8 Å². The lowest BCUT2D eigenvalue weighted by Gasteiger charge is -2.30. The number of amides is 3. The summed E-state index contributed by atoms with van der Waals surface area (Å²) in [5, 5.41) is 11.4. The Labute approximate surface area is 114 Å². The lowest BCUT2D eigenvalue weighted by Crippen LogP contribution is -2.53. The van der Waals surface area contributed by atoms with Gasteiger partial charge in [-0.2, -0.15) is 0 Å². The average molecular weight is 271 g/mol. The van der Waals surface area contributed by atoms with E-state index in [9.17, 15) is 9.59 Å². The van der Waals surface area contributed by atoms with Crippen LogP contribution in [-0.4, -0.2) is 47.2 Å². The number of nitrogens with zero attached hydrogens (tertiary/aromatic N) is 1. The van der Waals surface area contributed by atoms with Gasteiger partial charge in [0.05, 0.1) is 0 Å². The molecule has 2 atom stereocenters. The highest BCUT2D eigenvalue weighted by Gasteiger charge is 2.34. The van der Waals surface area contributed by atoms with Crippen LogP contribution >= 0.6 is 0 Å². The van der Waals surface area contributed by atoms with Gasteiger partial charge in [-0.3, -0.25) is 4.79 Å². The van der Waals surface area contributed by atoms with Gasteiger partial charge in [-0.05, 0) is 31.6 Å². The zero-order valence-electron chi connectivity index (χ0n) is 11.8. The first-order valence-corrected chi connectivity index (χ1v) is 6.94. The molecule has 3 amide bonds. The van der Waals surface area contributed by atoms with Gasteiger partial charge in [-0.25, -0.2) is 4.79 Å². The molecule has 1 fully saturated rings. The minimum atomic E-state index is -0.668. The Kier molecular flexibility index (Phi) is 6.08. The van der Waals surface area contributed by atoms with Crippen LogP contribution in [0.1, 0.15) is 39.5 Å². The standard InChI is InChI=1S/C13H25N3O3/c1-9(2)11(15-13(14)19)12(18)16-7-3-5-10(16)6-4-8-17/h9-11,17H,3-8H2,1-2H3,(H3,14,15,19). The summed E-state index contributed by atoms with van der Waals surface area (Å²) in [7, 11) is 0. The van der Waals surface area contributed by atoms with E-state index in [0.717, 1.165) is 25.8 Å². The van der Waals surface area contributed by atoms with E-state index >= 15 is 0 Å². The first kappa shape index (κ1) is 15.8. The van der Waals surface area contributed by atoms with Crippen molar-refractivity contribution in [2.75, 3.05) is 13.2 Å². The molecule has 6 nitrogen and oxygen atoms in total. The van der Waals surface area contributed by atoms with E-state index in [0.29, 0.717) is 6.42 Å². The number of carbonyl (C=O) groups is 2. The molecular weight excluding hydrogens is 246 g/mol. The van der Waals surface area contributed by atoms with Crippen LogP contribution in [-0.2, 0) is 4.79 Å². The number of aliphatic hydroxyl groups excluding tert-OH is 1. The maximum atomic E-state index is 12.5. The van der Waals surface area contributed by atoms with Crippen molar-refractivity contribution >= 4 is 11.9 Å². The van der Waals surface area contributed by atoms with Crippen LogP contribution in [0, 0.1) is 5.92 Å². The van der Waals surface area contributed by atoms with Crippen LogP contribution in [0.5, 0.6) is 0 Å². The lowest BCUT2D eigenvalue weighted by atomic mass is 10.0. The fourth-order valence-electron chi connectivity index (χ4n) is 2.60. The number of hydrogen-bond donors (Lipinski definition) is 3. The van der Waals surface area contributed by atoms with E-state index in [-0.39, 0.29) is 24.5 Å². The second-order valence-electron chi connectivity index (χ2n) is 5.42. The molecule has 1 rings (SSSR count). The Balaban J connectivity index is 2.69. The van der Waals surface area contributed by atoms with Gasteiger partial charge in [-0.15, -0.1) is 0 Å². The first-order valence-electron chi connectivity index (χ1n) is 6.94. The Hall–Kier alpha value is -1.30. The number of nitrogens with two attached hydrogens (primary N) is 1. The summed E-state index contributed by atoms with van der Waals surface area (Å²) < 4.78 is 0. The molecule has 0 bridgehead atoms. The van der Waals surface area contributed by atoms with Crippen molar-refractivity contribution in [3.63, 3.8) is 0 Å². The van der Waals surface area contributed by atoms with E-state index in [1.54, 1.807) is 0 Å². The van der Waals surface area contributed by atoms with Gasteiger partial charge in [0.1, 0.15) is 6.04 Å². The summed E-state index contributed by atoms with van der Waals surface area (Å²) in [6.07, 6.45) is 3.45. The highest BCUT2D eigenvalue weighted by molar-refractivity contribution is 5.87. The molecular formula is C13H25N3O3. The Morgan fingerprint density at radius 2 is 2.16 bits per heavy atom. The smallest absolute Gasteiger partial charge is 0.312 e. The molecule has 0 aromatic rings. The molecule has 6 heteroatoms. The fraction of sp³-hybridized carbons (Fsp3) is 0.846. The number of urea groups is 1. The van der Waals surface area contributed by atoms with Crippen molar-refractivity contribution in [1.82, 2.24) is 10.2 Å². The van der Waals surface area contributed by atoms with E-state index in [1.807, 2.05) is 18.7 Å². The second kappa shape index (κ2) is 7.33. The third kappa shape index (κ3) is 4.38. The number of rotatable bonds is 6. The van der Waals surface area contributed by atoms with E-state index in [2.05, 4.69) is 5.32 Å². The molecule has 0 aromatic heterocycles. The lowest BCUT2D eigenvalue weighted by molar-refractivity contribution is -0.135. The van der Waals surface area contributed by atoms with Crippen molar-refractivity contribution < 1.29 is 14.7 Å². The molecule has 0 aliphatic carbocycles. The molecule has 110 valence electrons. The van der Waals surface area contributed by atoms with Crippen LogP contribution in [0.2, 0.25) is 0 Å². The second-order valence-corrected chi connectivity index (χ2v) is 5.42. The number of likely N-dealkylation sites (tertiary alicyclic amines) is 1. The summed E-state index contributed by atoms with van der Waals surface area (Å²) >= 11 is 0. The number of nitrogens with one attached hydrogen (secondary N) is 1. The third-order valence-electron chi connectivity index (χ3n) is 3.59. The highest BCUT2D eigenvalue weighted by atomic mass is 16.3. The molecule has 1 aliphatic rings. The van der Waals surface area contributed by atoms with Gasteiger partial charge in [0, 0.05) is 19.2 Å². The average Bonchev–Trinajstić information content (AvgIpc) is 2.80. The normalized spacial score (nSPS) is 20.6. The summed E-state index contributed by atoms with van der Waals surface area (Å²) in [4.78, 5) is 25.3. The molecule has 0 saturated carbocycles. The summed E-state index contributed by atoms with van der Waals surface area (Å²) in [5.41, 5.74) is 5.13. The van der Waals surface area contributed by atoms with Crippen LogP contribution in [0.4, 0.5) is 4.79 Å². The Morgan fingerprint density at radius 1 is 1.47 bits per heavy atom. The maximum absolute atomic E-state index is 12.5. The van der Waals surface area contributed by atoms with Gasteiger partial charge >= 0.3 is 6.03 Å². The maximum Gasteiger partial charge on any atom is 0.312 e. The van der Waals surface area contributed by atoms with E-state index < -0.39 is 12.1 Å². The predicted molar refractivity (Wildman–Crippen MR) is 72.4 cm³/mol. The number of aliphatic hydroxyl groups is 1. The molecule has 0 spiro atoms.